The maximum atomic E-state index is 13.3. The van der Waals surface area contributed by atoms with Crippen molar-refractivity contribution in [2.45, 2.75) is 56.3 Å². The molecule has 0 bridgehead atoms. The van der Waals surface area contributed by atoms with Gasteiger partial charge in [-0.25, -0.2) is 4.79 Å². The number of benzene rings is 1. The van der Waals surface area contributed by atoms with Crippen LogP contribution >= 0.6 is 11.8 Å². The number of carbonyl (C=O) groups excluding carboxylic acids is 4. The zero-order valence-corrected chi connectivity index (χ0v) is 22.6. The van der Waals surface area contributed by atoms with E-state index < -0.39 is 60.2 Å². The van der Waals surface area contributed by atoms with Crippen LogP contribution in [0.2, 0.25) is 0 Å². The summed E-state index contributed by atoms with van der Waals surface area (Å²) in [6, 6.07) is 3.94. The van der Waals surface area contributed by atoms with Crippen LogP contribution in [-0.2, 0) is 30.4 Å². The van der Waals surface area contributed by atoms with Crippen molar-refractivity contribution >= 4 is 47.3 Å². The number of thioether (sulfide) groups is 1. The van der Waals surface area contributed by atoms with Gasteiger partial charge in [0, 0.05) is 13.0 Å². The van der Waals surface area contributed by atoms with Crippen LogP contribution in [-0.4, -0.2) is 83.4 Å². The molecule has 1 aromatic rings. The van der Waals surface area contributed by atoms with Crippen molar-refractivity contribution in [1.82, 2.24) is 16.0 Å². The van der Waals surface area contributed by atoms with Crippen LogP contribution < -0.4 is 38.9 Å². The number of nitrogens with zero attached hydrogens (tertiary/aromatic N) is 1. The van der Waals surface area contributed by atoms with Gasteiger partial charge in [0.2, 0.25) is 23.6 Å². The molecular weight excluding hydrogens is 528 g/mol. The first-order valence-corrected chi connectivity index (χ1v) is 13.6. The summed E-state index contributed by atoms with van der Waals surface area (Å²) in [5.41, 5.74) is 22.4. The number of primary amides is 1. The van der Waals surface area contributed by atoms with E-state index in [2.05, 4.69) is 20.9 Å². The van der Waals surface area contributed by atoms with Crippen molar-refractivity contribution < 1.29 is 29.1 Å². The van der Waals surface area contributed by atoms with Crippen molar-refractivity contribution in [3.63, 3.8) is 0 Å². The van der Waals surface area contributed by atoms with Gasteiger partial charge in [-0.3, -0.25) is 24.2 Å². The molecule has 12 N–H and O–H groups in total. The fourth-order valence-electron chi connectivity index (χ4n) is 3.43. The van der Waals surface area contributed by atoms with E-state index >= 15 is 0 Å². The largest absolute Gasteiger partial charge is 0.480 e. The maximum Gasteiger partial charge on any atom is 0.326 e. The zero-order valence-electron chi connectivity index (χ0n) is 21.8. The molecule has 0 aromatic heterocycles. The van der Waals surface area contributed by atoms with Gasteiger partial charge in [-0.05, 0) is 36.8 Å². The number of hydrogen-bond acceptors (Lipinski definition) is 8. The molecule has 0 fully saturated rings. The number of aliphatic carboxylic acids is 1. The van der Waals surface area contributed by atoms with Gasteiger partial charge in [0.05, 0.1) is 12.5 Å². The van der Waals surface area contributed by atoms with E-state index in [9.17, 15) is 29.1 Å². The highest BCUT2D eigenvalue weighted by atomic mass is 32.2. The van der Waals surface area contributed by atoms with Gasteiger partial charge in [0.1, 0.15) is 18.1 Å². The minimum absolute atomic E-state index is 0.00320. The first-order valence-electron chi connectivity index (χ1n) is 12.2. The second-order valence-corrected chi connectivity index (χ2v) is 9.70. The van der Waals surface area contributed by atoms with E-state index in [1.807, 2.05) is 6.26 Å². The molecule has 4 amide bonds. The topological polar surface area (TPSA) is 258 Å². The quantitative estimate of drug-likeness (QED) is 0.0539. The van der Waals surface area contributed by atoms with Crippen molar-refractivity contribution in [2.75, 3.05) is 18.6 Å². The first kappa shape index (κ1) is 33.2. The maximum absolute atomic E-state index is 13.3. The number of amides is 4. The minimum atomic E-state index is -1.59. The monoisotopic (exact) mass is 566 g/mol. The summed E-state index contributed by atoms with van der Waals surface area (Å²) in [6.45, 7) is 0.196. The Morgan fingerprint density at radius 2 is 1.49 bits per heavy atom. The standard InChI is InChI=1S/C24H38N8O6S/c1-39-11-9-15(25)20(34)30-16(8-5-10-29-24(27)28)21(35)31-17(12-14-6-3-2-4-7-14)22(36)32-18(23(37)38)13-19(26)33/h2-4,6-7,15-18H,5,8-13,25H2,1H3,(H2,26,33)(H,30,34)(H,31,35)(H,32,36)(H,37,38)(H4,27,28,29). The van der Waals surface area contributed by atoms with Gasteiger partial charge < -0.3 is 44.0 Å². The molecule has 0 aliphatic rings. The number of nitrogens with two attached hydrogens (primary N) is 4. The molecule has 0 aliphatic carbocycles. The minimum Gasteiger partial charge on any atom is -0.480 e. The van der Waals surface area contributed by atoms with E-state index in [4.69, 9.17) is 22.9 Å². The molecule has 0 aliphatic heterocycles. The summed E-state index contributed by atoms with van der Waals surface area (Å²) in [4.78, 5) is 65.8. The second-order valence-electron chi connectivity index (χ2n) is 8.72. The Morgan fingerprint density at radius 1 is 0.897 bits per heavy atom. The highest BCUT2D eigenvalue weighted by Gasteiger charge is 2.31. The summed E-state index contributed by atoms with van der Waals surface area (Å²) in [5, 5.41) is 16.9. The molecule has 0 saturated carbocycles. The Kier molecular flexibility index (Phi) is 15.0. The third-order valence-corrected chi connectivity index (χ3v) is 6.13. The highest BCUT2D eigenvalue weighted by molar-refractivity contribution is 7.98. The van der Waals surface area contributed by atoms with Crippen LogP contribution in [0.25, 0.3) is 0 Å². The predicted octanol–water partition coefficient (Wildman–Crippen LogP) is -2.22. The summed E-state index contributed by atoms with van der Waals surface area (Å²) < 4.78 is 0. The third-order valence-electron chi connectivity index (χ3n) is 5.48. The van der Waals surface area contributed by atoms with Crippen LogP contribution in [0.4, 0.5) is 0 Å². The van der Waals surface area contributed by atoms with Crippen molar-refractivity contribution in [1.29, 1.82) is 0 Å². The molecular formula is C24H38N8O6S. The molecule has 0 heterocycles. The Balaban J connectivity index is 3.14. The summed E-state index contributed by atoms with van der Waals surface area (Å²) in [6.07, 6.45) is 2.09. The lowest BCUT2D eigenvalue weighted by Gasteiger charge is -2.25. The van der Waals surface area contributed by atoms with E-state index in [0.717, 1.165) is 0 Å². The molecule has 216 valence electrons. The van der Waals surface area contributed by atoms with E-state index in [-0.39, 0.29) is 25.3 Å². The Hall–Kier alpha value is -3.85. The molecule has 1 rings (SSSR count). The van der Waals surface area contributed by atoms with Gasteiger partial charge in [-0.2, -0.15) is 11.8 Å². The number of nitrogens with one attached hydrogen (secondary N) is 3. The molecule has 39 heavy (non-hydrogen) atoms. The molecule has 0 spiro atoms. The molecule has 4 atom stereocenters. The van der Waals surface area contributed by atoms with E-state index in [1.165, 1.54) is 11.8 Å². The summed E-state index contributed by atoms with van der Waals surface area (Å²) in [7, 11) is 0. The van der Waals surface area contributed by atoms with Crippen molar-refractivity contribution in [3.8, 4) is 0 Å². The van der Waals surface area contributed by atoms with Crippen molar-refractivity contribution in [2.24, 2.45) is 27.9 Å². The Labute approximate surface area is 231 Å². The number of aliphatic imine (C=N–C) groups is 1. The predicted molar refractivity (Wildman–Crippen MR) is 148 cm³/mol. The number of hydrogen-bond donors (Lipinski definition) is 8. The van der Waals surface area contributed by atoms with E-state index in [0.29, 0.717) is 24.2 Å². The zero-order chi connectivity index (χ0) is 29.4. The number of guanidine groups is 1. The molecule has 0 radical (unpaired) electrons. The lowest BCUT2D eigenvalue weighted by Crippen LogP contribution is -2.58. The average molecular weight is 567 g/mol. The van der Waals surface area contributed by atoms with Crippen LogP contribution in [0.3, 0.4) is 0 Å². The van der Waals surface area contributed by atoms with Gasteiger partial charge >= 0.3 is 5.97 Å². The number of rotatable bonds is 18. The molecule has 0 saturated heterocycles. The lowest BCUT2D eigenvalue weighted by atomic mass is 10.0. The number of carboxylic acids is 1. The molecule has 1 aromatic carbocycles. The summed E-state index contributed by atoms with van der Waals surface area (Å²) >= 11 is 1.52. The summed E-state index contributed by atoms with van der Waals surface area (Å²) in [5.74, 6) is -3.94. The van der Waals surface area contributed by atoms with Crippen LogP contribution in [0.15, 0.2) is 35.3 Å². The van der Waals surface area contributed by atoms with Gasteiger partial charge in [-0.1, -0.05) is 30.3 Å². The van der Waals surface area contributed by atoms with Gasteiger partial charge in [-0.15, -0.1) is 0 Å². The van der Waals surface area contributed by atoms with Gasteiger partial charge in [0.15, 0.2) is 5.96 Å². The second kappa shape index (κ2) is 17.6. The lowest BCUT2D eigenvalue weighted by molar-refractivity contribution is -0.143. The average Bonchev–Trinajstić information content (AvgIpc) is 2.87. The molecule has 4 unspecified atom stereocenters. The normalized spacial score (nSPS) is 13.7. The molecule has 14 nitrogen and oxygen atoms in total. The SMILES string of the molecule is CSCCC(N)C(=O)NC(CCCN=C(N)N)C(=O)NC(Cc1ccccc1)C(=O)NC(CC(N)=O)C(=O)O. The Morgan fingerprint density at radius 3 is 2.05 bits per heavy atom. The van der Waals surface area contributed by atoms with Crippen molar-refractivity contribution in [3.05, 3.63) is 35.9 Å². The van der Waals surface area contributed by atoms with Crippen LogP contribution in [0.5, 0.6) is 0 Å². The fourth-order valence-corrected chi connectivity index (χ4v) is 3.92. The van der Waals surface area contributed by atoms with Crippen LogP contribution in [0.1, 0.15) is 31.2 Å². The fraction of sp³-hybridized carbons (Fsp3) is 0.500. The Bertz CT molecular complexity index is 1010. The first-order chi connectivity index (χ1) is 18.4. The van der Waals surface area contributed by atoms with Gasteiger partial charge in [0.25, 0.3) is 0 Å². The number of carbonyl (C=O) groups is 5. The number of carboxylic acid groups (broad SMARTS) is 1. The van der Waals surface area contributed by atoms with Crippen LogP contribution in [0, 0.1) is 0 Å². The third kappa shape index (κ3) is 13.5. The van der Waals surface area contributed by atoms with E-state index in [1.54, 1.807) is 30.3 Å². The smallest absolute Gasteiger partial charge is 0.326 e. The highest BCUT2D eigenvalue weighted by Crippen LogP contribution is 2.08. The molecule has 15 heteroatoms.